The van der Waals surface area contributed by atoms with E-state index >= 15 is 0 Å². The number of benzene rings is 1. The van der Waals surface area contributed by atoms with Gasteiger partial charge in [-0.25, -0.2) is 9.97 Å². The monoisotopic (exact) mass is 407 g/mol. The van der Waals surface area contributed by atoms with E-state index < -0.39 is 11.8 Å². The molecule has 0 saturated heterocycles. The van der Waals surface area contributed by atoms with E-state index in [1.165, 1.54) is 18.5 Å². The molecule has 26 heavy (non-hydrogen) atoms. The molecule has 0 aliphatic rings. The summed E-state index contributed by atoms with van der Waals surface area (Å²) in [5, 5.41) is 6.04. The Kier molecular flexibility index (Phi) is 5.36. The molecule has 2 aromatic heterocycles. The molecule has 0 fully saturated rings. The van der Waals surface area contributed by atoms with Crippen molar-refractivity contribution in [3.8, 4) is 0 Å². The molecular weight excluding hydrogens is 397 g/mol. The van der Waals surface area contributed by atoms with Crippen molar-refractivity contribution < 1.29 is 9.59 Å². The summed E-state index contributed by atoms with van der Waals surface area (Å²) in [7, 11) is 0. The van der Waals surface area contributed by atoms with Gasteiger partial charge >= 0.3 is 0 Å². The van der Waals surface area contributed by atoms with Gasteiger partial charge in [-0.1, -0.05) is 40.6 Å². The standard InChI is InChI=1S/C16H11Cl2N5O2S/c17-9-2-1-3-10(18)13(9)15(25)22-8-4-5-20-12(6-8)23-14(24)11-7-21-16(19)26-11/h1-7H,(H2,19,21)(H2,20,22,23,24,25). The van der Waals surface area contributed by atoms with Crippen LogP contribution in [0.5, 0.6) is 0 Å². The minimum absolute atomic E-state index is 0.165. The molecule has 2 heterocycles. The molecule has 0 radical (unpaired) electrons. The van der Waals surface area contributed by atoms with E-state index in [1.807, 2.05) is 0 Å². The number of anilines is 3. The predicted octanol–water partition coefficient (Wildman–Crippen LogP) is 3.93. The Morgan fingerprint density at radius 3 is 2.42 bits per heavy atom. The number of nitrogen functional groups attached to an aromatic ring is 1. The summed E-state index contributed by atoms with van der Waals surface area (Å²) in [6.45, 7) is 0. The first-order valence-electron chi connectivity index (χ1n) is 7.18. The van der Waals surface area contributed by atoms with Crippen LogP contribution in [0.2, 0.25) is 10.0 Å². The largest absolute Gasteiger partial charge is 0.375 e. The zero-order chi connectivity index (χ0) is 18.7. The molecule has 0 atom stereocenters. The van der Waals surface area contributed by atoms with Crippen LogP contribution in [0.25, 0.3) is 0 Å². The number of hydrogen-bond acceptors (Lipinski definition) is 6. The number of carbonyl (C=O) groups excluding carboxylic acids is 2. The Hall–Kier alpha value is -2.68. The van der Waals surface area contributed by atoms with E-state index in [4.69, 9.17) is 28.9 Å². The van der Waals surface area contributed by atoms with Crippen molar-refractivity contribution in [2.45, 2.75) is 0 Å². The lowest BCUT2D eigenvalue weighted by Crippen LogP contribution is -2.15. The lowest BCUT2D eigenvalue weighted by atomic mass is 10.2. The van der Waals surface area contributed by atoms with Crippen molar-refractivity contribution in [1.82, 2.24) is 9.97 Å². The van der Waals surface area contributed by atoms with Crippen LogP contribution in [0, 0.1) is 0 Å². The maximum atomic E-state index is 12.4. The molecule has 1 aromatic carbocycles. The number of aromatic nitrogens is 2. The minimum atomic E-state index is -0.473. The number of nitrogens with one attached hydrogen (secondary N) is 2. The third-order valence-corrected chi connectivity index (χ3v) is 4.65. The fourth-order valence-electron chi connectivity index (χ4n) is 2.06. The highest BCUT2D eigenvalue weighted by Crippen LogP contribution is 2.25. The second-order valence-corrected chi connectivity index (χ2v) is 6.87. The molecule has 4 N–H and O–H groups in total. The zero-order valence-corrected chi connectivity index (χ0v) is 15.3. The number of nitrogens with two attached hydrogens (primary N) is 1. The fourth-order valence-corrected chi connectivity index (χ4v) is 3.20. The average Bonchev–Trinajstić information content (AvgIpc) is 3.01. The van der Waals surface area contributed by atoms with Crippen LogP contribution >= 0.6 is 34.5 Å². The van der Waals surface area contributed by atoms with E-state index in [-0.39, 0.29) is 21.4 Å². The molecule has 0 bridgehead atoms. The van der Waals surface area contributed by atoms with Crippen molar-refractivity contribution in [3.63, 3.8) is 0 Å². The second kappa shape index (κ2) is 7.69. The average molecular weight is 408 g/mol. The number of rotatable bonds is 4. The van der Waals surface area contributed by atoms with Gasteiger partial charge in [0, 0.05) is 18.0 Å². The molecule has 10 heteroatoms. The Morgan fingerprint density at radius 1 is 1.04 bits per heavy atom. The maximum Gasteiger partial charge on any atom is 0.268 e. The van der Waals surface area contributed by atoms with E-state index in [0.29, 0.717) is 15.7 Å². The van der Waals surface area contributed by atoms with E-state index in [2.05, 4.69) is 20.6 Å². The quantitative estimate of drug-likeness (QED) is 0.606. The molecule has 132 valence electrons. The lowest BCUT2D eigenvalue weighted by Gasteiger charge is -2.09. The smallest absolute Gasteiger partial charge is 0.268 e. The first kappa shape index (κ1) is 18.1. The maximum absolute atomic E-state index is 12.4. The van der Waals surface area contributed by atoms with Crippen LogP contribution < -0.4 is 16.4 Å². The van der Waals surface area contributed by atoms with Gasteiger partial charge in [0.15, 0.2) is 5.13 Å². The van der Waals surface area contributed by atoms with Gasteiger partial charge in [-0.2, -0.15) is 0 Å². The predicted molar refractivity (Wildman–Crippen MR) is 103 cm³/mol. The molecule has 3 aromatic rings. The molecule has 0 saturated carbocycles. The molecule has 0 aliphatic carbocycles. The van der Waals surface area contributed by atoms with E-state index in [9.17, 15) is 9.59 Å². The summed E-state index contributed by atoms with van der Waals surface area (Å²) >= 11 is 13.1. The summed E-state index contributed by atoms with van der Waals surface area (Å²) in [5.74, 6) is -0.617. The summed E-state index contributed by atoms with van der Waals surface area (Å²) in [5.41, 5.74) is 6.09. The fraction of sp³-hybridized carbons (Fsp3) is 0. The van der Waals surface area contributed by atoms with Crippen LogP contribution in [0.15, 0.2) is 42.7 Å². The molecule has 2 amide bonds. The number of pyridine rings is 1. The van der Waals surface area contributed by atoms with Gasteiger partial charge in [-0.05, 0) is 18.2 Å². The molecule has 7 nitrogen and oxygen atoms in total. The summed E-state index contributed by atoms with van der Waals surface area (Å²) in [6.07, 6.45) is 2.82. The van der Waals surface area contributed by atoms with Crippen LogP contribution in [-0.2, 0) is 0 Å². The minimum Gasteiger partial charge on any atom is -0.375 e. The van der Waals surface area contributed by atoms with Gasteiger partial charge in [0.2, 0.25) is 0 Å². The number of hydrogen-bond donors (Lipinski definition) is 3. The van der Waals surface area contributed by atoms with Crippen LogP contribution in [0.3, 0.4) is 0 Å². The van der Waals surface area contributed by atoms with E-state index in [1.54, 1.807) is 24.3 Å². The highest BCUT2D eigenvalue weighted by atomic mass is 35.5. The number of amides is 2. The molecular formula is C16H11Cl2N5O2S. The first-order chi connectivity index (χ1) is 12.4. The van der Waals surface area contributed by atoms with Gasteiger partial charge in [-0.3, -0.25) is 9.59 Å². The summed E-state index contributed by atoms with van der Waals surface area (Å²) in [4.78, 5) is 32.7. The summed E-state index contributed by atoms with van der Waals surface area (Å²) < 4.78 is 0. The third-order valence-electron chi connectivity index (χ3n) is 3.20. The highest BCUT2D eigenvalue weighted by Gasteiger charge is 2.15. The van der Waals surface area contributed by atoms with Crippen molar-refractivity contribution >= 4 is 63.0 Å². The number of halogens is 2. The first-order valence-corrected chi connectivity index (χ1v) is 8.75. The number of nitrogens with zero attached hydrogens (tertiary/aromatic N) is 2. The number of thiazole rings is 1. The Balaban J connectivity index is 1.75. The van der Waals surface area contributed by atoms with Crippen molar-refractivity contribution in [2.24, 2.45) is 0 Å². The number of carbonyl (C=O) groups is 2. The normalized spacial score (nSPS) is 10.4. The zero-order valence-electron chi connectivity index (χ0n) is 13.0. The van der Waals surface area contributed by atoms with E-state index in [0.717, 1.165) is 11.3 Å². The third kappa shape index (κ3) is 4.10. The van der Waals surface area contributed by atoms with Crippen molar-refractivity contribution in [3.05, 3.63) is 63.2 Å². The van der Waals surface area contributed by atoms with Crippen molar-refractivity contribution in [1.29, 1.82) is 0 Å². The molecule has 0 aliphatic heterocycles. The second-order valence-electron chi connectivity index (χ2n) is 5.00. The molecule has 0 spiro atoms. The molecule has 0 unspecified atom stereocenters. The summed E-state index contributed by atoms with van der Waals surface area (Å²) in [6, 6.07) is 7.87. The van der Waals surface area contributed by atoms with Crippen LogP contribution in [-0.4, -0.2) is 21.8 Å². The topological polar surface area (TPSA) is 110 Å². The Labute approximate surface area is 162 Å². The Bertz CT molecular complexity index is 972. The Morgan fingerprint density at radius 2 is 1.77 bits per heavy atom. The highest BCUT2D eigenvalue weighted by molar-refractivity contribution is 7.17. The lowest BCUT2D eigenvalue weighted by molar-refractivity contribution is 0.102. The van der Waals surface area contributed by atoms with Gasteiger partial charge in [0.1, 0.15) is 10.7 Å². The SMILES string of the molecule is Nc1ncc(C(=O)Nc2cc(NC(=O)c3c(Cl)cccc3Cl)ccn2)s1. The molecule has 3 rings (SSSR count). The van der Waals surface area contributed by atoms with Gasteiger partial charge < -0.3 is 16.4 Å². The van der Waals surface area contributed by atoms with Crippen molar-refractivity contribution in [2.75, 3.05) is 16.4 Å². The van der Waals surface area contributed by atoms with Crippen LogP contribution in [0.4, 0.5) is 16.6 Å². The van der Waals surface area contributed by atoms with Gasteiger partial charge in [0.05, 0.1) is 21.8 Å². The van der Waals surface area contributed by atoms with Gasteiger partial charge in [0.25, 0.3) is 11.8 Å². The van der Waals surface area contributed by atoms with Gasteiger partial charge in [-0.15, -0.1) is 0 Å². The van der Waals surface area contributed by atoms with Crippen LogP contribution in [0.1, 0.15) is 20.0 Å².